The molecule has 0 bridgehead atoms. The highest BCUT2D eigenvalue weighted by Crippen LogP contribution is 2.22. The molecule has 7 amide bonds. The molecule has 63 heavy (non-hydrogen) atoms. The second kappa shape index (κ2) is 23.1. The first kappa shape index (κ1) is 47.5. The highest BCUT2D eigenvalue weighted by atomic mass is 16.3. The molecule has 2 fully saturated rings. The molecule has 2 unspecified atom stereocenters. The predicted octanol–water partition coefficient (Wildman–Crippen LogP) is -1.59. The van der Waals surface area contributed by atoms with Gasteiger partial charge in [-0.05, 0) is 68.7 Å². The molecule has 2 aliphatic heterocycles. The van der Waals surface area contributed by atoms with Gasteiger partial charge in [0, 0.05) is 56.4 Å². The maximum Gasteiger partial charge on any atom is 0.245 e. The van der Waals surface area contributed by atoms with Gasteiger partial charge in [0.15, 0.2) is 5.96 Å². The third-order valence-corrected chi connectivity index (χ3v) is 11.2. The first-order valence-corrected chi connectivity index (χ1v) is 21.3. The van der Waals surface area contributed by atoms with Crippen molar-refractivity contribution in [3.63, 3.8) is 0 Å². The molecule has 20 nitrogen and oxygen atoms in total. The minimum atomic E-state index is -1.35. The average molecular weight is 873 g/mol. The summed E-state index contributed by atoms with van der Waals surface area (Å²) in [5, 5.41) is 29.2. The van der Waals surface area contributed by atoms with Crippen LogP contribution in [0.1, 0.15) is 69.4 Å². The summed E-state index contributed by atoms with van der Waals surface area (Å²) in [6, 6.07) is 9.74. The molecule has 0 spiro atoms. The van der Waals surface area contributed by atoms with Crippen LogP contribution in [0.3, 0.4) is 0 Å². The minimum Gasteiger partial charge on any atom is -0.376 e. The number of aliphatic imine (C=N–C) groups is 1. The third-order valence-electron chi connectivity index (χ3n) is 11.2. The van der Waals surface area contributed by atoms with Crippen LogP contribution in [0.15, 0.2) is 65.8 Å². The number of aromatic amines is 1. The Morgan fingerprint density at radius 1 is 0.889 bits per heavy atom. The van der Waals surface area contributed by atoms with E-state index in [2.05, 4.69) is 41.9 Å². The number of nitrogens with one attached hydrogen (secondary N) is 7. The second-order valence-electron chi connectivity index (χ2n) is 16.0. The van der Waals surface area contributed by atoms with E-state index in [1.165, 1.54) is 11.8 Å². The highest BCUT2D eigenvalue weighted by Gasteiger charge is 2.40. The van der Waals surface area contributed by atoms with Gasteiger partial charge in [0.05, 0.1) is 6.04 Å². The quantitative estimate of drug-likeness (QED) is 0.0499. The minimum absolute atomic E-state index is 0.00840. The summed E-state index contributed by atoms with van der Waals surface area (Å²) in [7, 11) is 0. The van der Waals surface area contributed by atoms with Crippen molar-refractivity contribution in [1.29, 1.82) is 0 Å². The molecule has 14 N–H and O–H groups in total. The Balaban J connectivity index is 1.46. The Bertz CT molecular complexity index is 2110. The molecule has 20 heteroatoms. The van der Waals surface area contributed by atoms with Crippen LogP contribution < -0.4 is 49.1 Å². The topological polar surface area (TPSA) is 321 Å². The predicted molar refractivity (Wildman–Crippen MR) is 234 cm³/mol. The standard InChI is InChI=1S/C43H60N12O8/c1-25(56)50-33(22-26-10-3-2-4-11-26)39(60)53-32-15-8-19-47-37(58)30(14-7-20-48-43(45)46)51-40(61)34(23-27-24-49-29-13-6-5-12-28(27)29)54-38(59)31(17-18-36(44)57)52-41(62)35-16-9-21-55(35)42(32)63/h2-6,10-13,24,30-35,37,47,49,58H,7-9,14-23H2,1H3,(H2,44,57)(H,50,56)(H,51,61)(H,52,62)(H,53,60)(H,54,59)(H4,45,46,48)/t30-,31+,32-,33-,34-,35?,37?/m0/s1. The number of carbonyl (C=O) groups is 7. The molecule has 3 aromatic rings. The lowest BCUT2D eigenvalue weighted by atomic mass is 10.0. The number of guanidine groups is 1. The fraction of sp³-hybridized carbons (Fsp3) is 0.488. The number of para-hydroxylation sites is 1. The molecule has 1 aromatic heterocycles. The normalized spacial score (nSPS) is 23.2. The van der Waals surface area contributed by atoms with Crippen molar-refractivity contribution in [2.45, 2.75) is 114 Å². The van der Waals surface area contributed by atoms with Gasteiger partial charge in [-0.2, -0.15) is 0 Å². The van der Waals surface area contributed by atoms with E-state index >= 15 is 0 Å². The molecule has 0 radical (unpaired) electrons. The molecule has 2 saturated heterocycles. The maximum absolute atomic E-state index is 14.5. The van der Waals surface area contributed by atoms with E-state index in [0.717, 1.165) is 16.5 Å². The SMILES string of the molecule is CC(=O)N[C@@H](Cc1ccccc1)C(=O)N[C@H]1CCCNC(O)[C@H](CCCN=C(N)N)NC(=O)[C@H](Cc2c[nH]c3ccccc23)NC(=O)[C@@H](CCC(N)=O)NC(=O)C2CCCN2C1=O. The fourth-order valence-corrected chi connectivity index (χ4v) is 7.97. The monoisotopic (exact) mass is 872 g/mol. The molecule has 7 atom stereocenters. The Hall–Kier alpha value is -6.54. The summed E-state index contributed by atoms with van der Waals surface area (Å²) in [5.41, 5.74) is 18.8. The number of H-pyrrole nitrogens is 1. The van der Waals surface area contributed by atoms with E-state index < -0.39 is 83.8 Å². The van der Waals surface area contributed by atoms with E-state index in [1.54, 1.807) is 18.3 Å². The Kier molecular flexibility index (Phi) is 17.4. The van der Waals surface area contributed by atoms with Crippen LogP contribution in [0.5, 0.6) is 0 Å². The summed E-state index contributed by atoms with van der Waals surface area (Å²) in [5.74, 6) is -4.55. The number of aliphatic hydroxyl groups excluding tert-OH is 1. The summed E-state index contributed by atoms with van der Waals surface area (Å²) in [6.45, 7) is 1.78. The number of hydrogen-bond donors (Lipinski definition) is 11. The van der Waals surface area contributed by atoms with Gasteiger partial charge in [0.25, 0.3) is 0 Å². The molecular formula is C43H60N12O8. The number of amides is 7. The van der Waals surface area contributed by atoms with Gasteiger partial charge < -0.3 is 58.8 Å². The lowest BCUT2D eigenvalue weighted by molar-refractivity contribution is -0.142. The molecule has 340 valence electrons. The first-order valence-electron chi connectivity index (χ1n) is 21.3. The van der Waals surface area contributed by atoms with Gasteiger partial charge in [0.2, 0.25) is 41.4 Å². The number of fused-ring (bicyclic) bond motifs is 2. The van der Waals surface area contributed by atoms with Crippen LogP contribution in [0, 0.1) is 0 Å². The van der Waals surface area contributed by atoms with Gasteiger partial charge >= 0.3 is 0 Å². The van der Waals surface area contributed by atoms with Gasteiger partial charge in [-0.15, -0.1) is 0 Å². The zero-order valence-electron chi connectivity index (χ0n) is 35.4. The van der Waals surface area contributed by atoms with Crippen molar-refractivity contribution in [2.24, 2.45) is 22.2 Å². The van der Waals surface area contributed by atoms with Crippen LogP contribution >= 0.6 is 0 Å². The van der Waals surface area contributed by atoms with Crippen LogP contribution in [-0.2, 0) is 46.4 Å². The van der Waals surface area contributed by atoms with E-state index in [0.29, 0.717) is 18.4 Å². The Labute approximate surface area is 365 Å². The molecule has 2 aliphatic rings. The largest absolute Gasteiger partial charge is 0.376 e. The van der Waals surface area contributed by atoms with E-state index in [9.17, 15) is 38.7 Å². The number of carbonyl (C=O) groups excluding carboxylic acids is 7. The molecule has 2 aromatic carbocycles. The van der Waals surface area contributed by atoms with Gasteiger partial charge in [0.1, 0.15) is 36.4 Å². The summed E-state index contributed by atoms with van der Waals surface area (Å²) in [4.78, 5) is 104. The number of aliphatic hydroxyl groups is 1. The number of aromatic nitrogens is 1. The molecular weight excluding hydrogens is 813 g/mol. The number of rotatable bonds is 14. The average Bonchev–Trinajstić information content (AvgIpc) is 3.91. The zero-order chi connectivity index (χ0) is 45.5. The smallest absolute Gasteiger partial charge is 0.245 e. The second-order valence-corrected chi connectivity index (χ2v) is 16.0. The molecule has 0 saturated carbocycles. The molecule has 3 heterocycles. The number of hydrogen-bond acceptors (Lipinski definition) is 10. The van der Waals surface area contributed by atoms with Crippen molar-refractivity contribution in [3.05, 3.63) is 71.9 Å². The van der Waals surface area contributed by atoms with Crippen molar-refractivity contribution in [1.82, 2.24) is 41.8 Å². The summed E-state index contributed by atoms with van der Waals surface area (Å²) < 4.78 is 0. The van der Waals surface area contributed by atoms with Crippen LogP contribution in [-0.4, -0.2) is 124 Å². The zero-order valence-corrected chi connectivity index (χ0v) is 35.4. The third kappa shape index (κ3) is 14.0. The maximum atomic E-state index is 14.5. The fourth-order valence-electron chi connectivity index (χ4n) is 7.97. The lowest BCUT2D eigenvalue weighted by Crippen LogP contribution is -2.60. The van der Waals surface area contributed by atoms with Crippen molar-refractivity contribution >= 4 is 58.2 Å². The lowest BCUT2D eigenvalue weighted by Gasteiger charge is -2.32. The number of benzene rings is 2. The van der Waals surface area contributed by atoms with Crippen LogP contribution in [0.4, 0.5) is 0 Å². The van der Waals surface area contributed by atoms with Crippen molar-refractivity contribution in [3.8, 4) is 0 Å². The van der Waals surface area contributed by atoms with E-state index in [4.69, 9.17) is 17.2 Å². The van der Waals surface area contributed by atoms with Crippen molar-refractivity contribution < 1.29 is 38.7 Å². The van der Waals surface area contributed by atoms with Gasteiger partial charge in [-0.1, -0.05) is 48.5 Å². The summed E-state index contributed by atoms with van der Waals surface area (Å²) >= 11 is 0. The van der Waals surface area contributed by atoms with Crippen molar-refractivity contribution in [2.75, 3.05) is 19.6 Å². The highest BCUT2D eigenvalue weighted by molar-refractivity contribution is 5.97. The first-order chi connectivity index (χ1) is 30.2. The Morgan fingerprint density at radius 3 is 2.33 bits per heavy atom. The van der Waals surface area contributed by atoms with Crippen LogP contribution in [0.25, 0.3) is 10.9 Å². The van der Waals surface area contributed by atoms with Gasteiger partial charge in [-0.3, -0.25) is 43.9 Å². The number of primary amides is 1. The summed E-state index contributed by atoms with van der Waals surface area (Å²) in [6.07, 6.45) is 1.58. The molecule has 5 rings (SSSR count). The Morgan fingerprint density at radius 2 is 1.60 bits per heavy atom. The number of nitrogens with zero attached hydrogens (tertiary/aromatic N) is 2. The van der Waals surface area contributed by atoms with E-state index in [1.807, 2.05) is 42.5 Å². The van der Waals surface area contributed by atoms with Gasteiger partial charge in [-0.25, -0.2) is 0 Å². The van der Waals surface area contributed by atoms with E-state index in [-0.39, 0.29) is 77.0 Å². The molecule has 0 aliphatic carbocycles. The number of nitrogens with two attached hydrogens (primary N) is 3. The van der Waals surface area contributed by atoms with Crippen LogP contribution in [0.2, 0.25) is 0 Å².